The number of aromatic nitrogens is 1. The highest BCUT2D eigenvalue weighted by molar-refractivity contribution is 6.32. The second-order valence-corrected chi connectivity index (χ2v) is 8.62. The smallest absolute Gasteiger partial charge is 0.305 e. The van der Waals surface area contributed by atoms with E-state index in [1.807, 2.05) is 48.5 Å². The summed E-state index contributed by atoms with van der Waals surface area (Å²) in [7, 11) is 0. The molecule has 2 atom stereocenters. The van der Waals surface area contributed by atoms with E-state index in [9.17, 15) is 20.2 Å². The molecule has 0 spiro atoms. The van der Waals surface area contributed by atoms with Crippen LogP contribution in [0.4, 0.5) is 11.5 Å². The standard InChI is InChI=1S/C25H21ClN4O3/c1-14-22(26)15(2)28-24(23(14)30(32)33)29-25(31)21-12-18(21)10-16-8-9-20(19(11-16)13-27)17-6-4-3-5-7-17/h3-9,11,18,21H,10,12H2,1-2H3,(H,28,29,31). The Balaban J connectivity index is 1.47. The quantitative estimate of drug-likeness (QED) is 0.379. The third kappa shape index (κ3) is 4.57. The summed E-state index contributed by atoms with van der Waals surface area (Å²) in [5.74, 6) is -0.526. The van der Waals surface area contributed by atoms with Crippen molar-refractivity contribution in [1.29, 1.82) is 5.26 Å². The average molecular weight is 461 g/mol. The maximum Gasteiger partial charge on any atom is 0.316 e. The number of nitriles is 1. The van der Waals surface area contributed by atoms with Crippen molar-refractivity contribution >= 4 is 29.0 Å². The summed E-state index contributed by atoms with van der Waals surface area (Å²) < 4.78 is 0. The van der Waals surface area contributed by atoms with Gasteiger partial charge in [0.05, 0.1) is 32.8 Å². The Morgan fingerprint density at radius 3 is 2.67 bits per heavy atom. The van der Waals surface area contributed by atoms with Crippen molar-refractivity contribution < 1.29 is 9.72 Å². The number of anilines is 1. The highest BCUT2D eigenvalue weighted by atomic mass is 35.5. The van der Waals surface area contributed by atoms with Crippen LogP contribution < -0.4 is 5.32 Å². The number of halogens is 1. The normalized spacial score (nSPS) is 16.7. The lowest BCUT2D eigenvalue weighted by Crippen LogP contribution is -2.18. The molecular weight excluding hydrogens is 440 g/mol. The highest BCUT2D eigenvalue weighted by Gasteiger charge is 2.43. The molecule has 0 saturated heterocycles. The van der Waals surface area contributed by atoms with E-state index in [0.717, 1.165) is 16.7 Å². The summed E-state index contributed by atoms with van der Waals surface area (Å²) in [5, 5.41) is 24.0. The third-order valence-corrected chi connectivity index (χ3v) is 6.53. The van der Waals surface area contributed by atoms with Gasteiger partial charge in [-0.2, -0.15) is 5.26 Å². The summed E-state index contributed by atoms with van der Waals surface area (Å²) >= 11 is 6.10. The van der Waals surface area contributed by atoms with Crippen LogP contribution in [0.15, 0.2) is 48.5 Å². The van der Waals surface area contributed by atoms with Gasteiger partial charge in [-0.1, -0.05) is 54.1 Å². The number of amides is 1. The van der Waals surface area contributed by atoms with Crippen LogP contribution in [-0.4, -0.2) is 15.8 Å². The highest BCUT2D eigenvalue weighted by Crippen LogP contribution is 2.43. The van der Waals surface area contributed by atoms with Crippen molar-refractivity contribution in [3.63, 3.8) is 0 Å². The molecule has 0 aliphatic heterocycles. The molecule has 2 aromatic carbocycles. The first-order chi connectivity index (χ1) is 15.8. The van der Waals surface area contributed by atoms with Crippen LogP contribution >= 0.6 is 11.6 Å². The minimum absolute atomic E-state index is 0.0750. The lowest BCUT2D eigenvalue weighted by molar-refractivity contribution is -0.384. The van der Waals surface area contributed by atoms with Gasteiger partial charge < -0.3 is 5.32 Å². The summed E-state index contributed by atoms with van der Waals surface area (Å²) in [4.78, 5) is 27.8. The SMILES string of the molecule is Cc1nc(NC(=O)C2CC2Cc2ccc(-c3ccccc3)c(C#N)c2)c([N+](=O)[O-])c(C)c1Cl. The Kier molecular flexibility index (Phi) is 6.12. The van der Waals surface area contributed by atoms with Crippen LogP contribution in [0.1, 0.15) is 28.8 Å². The molecule has 166 valence electrons. The van der Waals surface area contributed by atoms with Gasteiger partial charge in [-0.15, -0.1) is 0 Å². The predicted molar refractivity (Wildman–Crippen MR) is 126 cm³/mol. The van der Waals surface area contributed by atoms with Crippen molar-refractivity contribution in [2.24, 2.45) is 11.8 Å². The Morgan fingerprint density at radius 1 is 1.27 bits per heavy atom. The van der Waals surface area contributed by atoms with Crippen molar-refractivity contribution in [3.05, 3.63) is 86.1 Å². The fourth-order valence-electron chi connectivity index (χ4n) is 4.12. The topological polar surface area (TPSA) is 109 Å². The van der Waals surface area contributed by atoms with Gasteiger partial charge >= 0.3 is 5.69 Å². The van der Waals surface area contributed by atoms with Crippen molar-refractivity contribution in [1.82, 2.24) is 4.98 Å². The number of nitrogens with zero attached hydrogens (tertiary/aromatic N) is 3. The van der Waals surface area contributed by atoms with Crippen LogP contribution in [0, 0.1) is 47.1 Å². The average Bonchev–Trinajstić information content (AvgIpc) is 3.57. The molecule has 33 heavy (non-hydrogen) atoms. The van der Waals surface area contributed by atoms with E-state index in [1.54, 1.807) is 6.92 Å². The number of carbonyl (C=O) groups is 1. The molecule has 4 rings (SSSR count). The van der Waals surface area contributed by atoms with Gasteiger partial charge in [-0.05, 0) is 55.4 Å². The number of rotatable bonds is 6. The number of aryl methyl sites for hydroxylation is 1. The Labute approximate surface area is 196 Å². The van der Waals surface area contributed by atoms with Crippen LogP contribution in [0.5, 0.6) is 0 Å². The Morgan fingerprint density at radius 2 is 2.00 bits per heavy atom. The summed E-state index contributed by atoms with van der Waals surface area (Å²) in [6, 6.07) is 17.8. The number of nitrogens with one attached hydrogen (secondary N) is 1. The molecule has 8 heteroatoms. The first-order valence-electron chi connectivity index (χ1n) is 10.5. The first-order valence-corrected chi connectivity index (χ1v) is 10.9. The fourth-order valence-corrected chi connectivity index (χ4v) is 4.25. The number of hydrogen-bond acceptors (Lipinski definition) is 5. The fraction of sp³-hybridized carbons (Fsp3) is 0.240. The largest absolute Gasteiger partial charge is 0.316 e. The molecule has 1 fully saturated rings. The maximum absolute atomic E-state index is 12.8. The van der Waals surface area contributed by atoms with Crippen LogP contribution in [0.3, 0.4) is 0 Å². The number of hydrogen-bond donors (Lipinski definition) is 1. The molecule has 0 radical (unpaired) electrons. The van der Waals surface area contributed by atoms with Gasteiger partial charge in [0.15, 0.2) is 0 Å². The zero-order valence-electron chi connectivity index (χ0n) is 18.1. The lowest BCUT2D eigenvalue weighted by atomic mass is 9.96. The zero-order valence-corrected chi connectivity index (χ0v) is 18.9. The molecule has 1 aromatic heterocycles. The number of nitro groups is 1. The first kappa shape index (κ1) is 22.4. The van der Waals surface area contributed by atoms with Crippen molar-refractivity contribution in [3.8, 4) is 17.2 Å². The van der Waals surface area contributed by atoms with E-state index in [-0.39, 0.29) is 39.8 Å². The molecule has 2 unspecified atom stereocenters. The molecule has 0 bridgehead atoms. The second kappa shape index (κ2) is 9.00. The van der Waals surface area contributed by atoms with Gasteiger partial charge in [-0.3, -0.25) is 14.9 Å². The Bertz CT molecular complexity index is 1300. The molecule has 1 N–H and O–H groups in total. The van der Waals surface area contributed by atoms with E-state index in [2.05, 4.69) is 16.4 Å². The predicted octanol–water partition coefficient (Wildman–Crippen LogP) is 5.62. The lowest BCUT2D eigenvalue weighted by Gasteiger charge is -2.10. The number of benzene rings is 2. The van der Waals surface area contributed by atoms with Crippen LogP contribution in [0.2, 0.25) is 5.02 Å². The van der Waals surface area contributed by atoms with Crippen molar-refractivity contribution in [2.45, 2.75) is 26.7 Å². The molecule has 1 aliphatic rings. The molecule has 1 heterocycles. The van der Waals surface area contributed by atoms with E-state index in [0.29, 0.717) is 24.1 Å². The van der Waals surface area contributed by atoms with Crippen LogP contribution in [-0.2, 0) is 11.2 Å². The summed E-state index contributed by atoms with van der Waals surface area (Å²) in [6.07, 6.45) is 1.32. The molecule has 7 nitrogen and oxygen atoms in total. The minimum atomic E-state index is -0.578. The summed E-state index contributed by atoms with van der Waals surface area (Å²) in [6.45, 7) is 3.18. The minimum Gasteiger partial charge on any atom is -0.305 e. The van der Waals surface area contributed by atoms with Gasteiger partial charge in [0.2, 0.25) is 11.7 Å². The van der Waals surface area contributed by atoms with Gasteiger partial charge in [0.1, 0.15) is 0 Å². The van der Waals surface area contributed by atoms with E-state index < -0.39 is 4.92 Å². The van der Waals surface area contributed by atoms with Crippen molar-refractivity contribution in [2.75, 3.05) is 5.32 Å². The van der Waals surface area contributed by atoms with Gasteiger partial charge in [0.25, 0.3) is 0 Å². The maximum atomic E-state index is 12.8. The monoisotopic (exact) mass is 460 g/mol. The van der Waals surface area contributed by atoms with E-state index >= 15 is 0 Å². The number of carbonyl (C=O) groups excluding carboxylic acids is 1. The third-order valence-electron chi connectivity index (χ3n) is 5.98. The van der Waals surface area contributed by atoms with Crippen LogP contribution in [0.25, 0.3) is 11.1 Å². The molecule has 1 aliphatic carbocycles. The molecule has 3 aromatic rings. The molecule has 1 saturated carbocycles. The zero-order chi connectivity index (χ0) is 23.7. The van der Waals surface area contributed by atoms with E-state index in [4.69, 9.17) is 11.6 Å². The number of pyridine rings is 1. The molecular formula is C25H21ClN4O3. The second-order valence-electron chi connectivity index (χ2n) is 8.24. The summed E-state index contributed by atoms with van der Waals surface area (Å²) in [5.41, 5.74) is 3.84. The van der Waals surface area contributed by atoms with Gasteiger partial charge in [0, 0.05) is 5.92 Å². The van der Waals surface area contributed by atoms with Gasteiger partial charge in [-0.25, -0.2) is 4.98 Å². The molecule has 1 amide bonds. The van der Waals surface area contributed by atoms with E-state index in [1.165, 1.54) is 6.92 Å². The Hall–Kier alpha value is -3.76.